The minimum atomic E-state index is -0.435. The number of nitro benzene ring substituents is 1. The SMILES string of the molecule is CCCNc1ncc(COc2cc(C)ccc2[N+](=O)[O-])s1. The third-order valence-electron chi connectivity index (χ3n) is 2.76. The van der Waals surface area contributed by atoms with Crippen molar-refractivity contribution in [2.45, 2.75) is 26.9 Å². The number of thiazole rings is 1. The molecule has 0 bridgehead atoms. The number of nitrogens with one attached hydrogen (secondary N) is 1. The van der Waals surface area contributed by atoms with Crippen molar-refractivity contribution in [1.29, 1.82) is 0 Å². The Morgan fingerprint density at radius 1 is 1.48 bits per heavy atom. The summed E-state index contributed by atoms with van der Waals surface area (Å²) >= 11 is 1.49. The summed E-state index contributed by atoms with van der Waals surface area (Å²) in [5.41, 5.74) is 0.902. The Labute approximate surface area is 126 Å². The van der Waals surface area contributed by atoms with Crippen LogP contribution in [0, 0.1) is 17.0 Å². The van der Waals surface area contributed by atoms with Crippen molar-refractivity contribution >= 4 is 22.2 Å². The van der Waals surface area contributed by atoms with Gasteiger partial charge in [0.05, 0.1) is 9.80 Å². The molecule has 0 aliphatic rings. The predicted octanol–water partition coefficient (Wildman–Crippen LogP) is 3.76. The lowest BCUT2D eigenvalue weighted by Crippen LogP contribution is -1.98. The van der Waals surface area contributed by atoms with Crippen LogP contribution in [0.2, 0.25) is 0 Å². The summed E-state index contributed by atoms with van der Waals surface area (Å²) in [5, 5.41) is 15.0. The number of hydrogen-bond donors (Lipinski definition) is 1. The van der Waals surface area contributed by atoms with Gasteiger partial charge in [-0.05, 0) is 25.0 Å². The molecule has 0 aliphatic heterocycles. The molecule has 1 aromatic heterocycles. The number of aromatic nitrogens is 1. The van der Waals surface area contributed by atoms with Gasteiger partial charge >= 0.3 is 5.69 Å². The van der Waals surface area contributed by atoms with Crippen molar-refractivity contribution in [3.8, 4) is 5.75 Å². The quantitative estimate of drug-likeness (QED) is 0.622. The summed E-state index contributed by atoms with van der Waals surface area (Å²) in [5.74, 6) is 0.288. The highest BCUT2D eigenvalue weighted by atomic mass is 32.1. The molecule has 2 rings (SSSR count). The van der Waals surface area contributed by atoms with Gasteiger partial charge in [-0.3, -0.25) is 10.1 Å². The second-order valence-electron chi connectivity index (χ2n) is 4.58. The molecule has 6 nitrogen and oxygen atoms in total. The van der Waals surface area contributed by atoms with Crippen molar-refractivity contribution in [2.24, 2.45) is 0 Å². The van der Waals surface area contributed by atoms with Gasteiger partial charge in [0.25, 0.3) is 0 Å². The van der Waals surface area contributed by atoms with E-state index in [2.05, 4.69) is 17.2 Å². The van der Waals surface area contributed by atoms with Crippen molar-refractivity contribution in [3.63, 3.8) is 0 Å². The smallest absolute Gasteiger partial charge is 0.310 e. The van der Waals surface area contributed by atoms with Gasteiger partial charge in [0, 0.05) is 18.8 Å². The predicted molar refractivity (Wildman–Crippen MR) is 83.1 cm³/mol. The first-order valence-electron chi connectivity index (χ1n) is 6.66. The Bertz CT molecular complexity index is 628. The van der Waals surface area contributed by atoms with Crippen LogP contribution >= 0.6 is 11.3 Å². The van der Waals surface area contributed by atoms with Crippen molar-refractivity contribution < 1.29 is 9.66 Å². The molecule has 112 valence electrons. The number of anilines is 1. The normalized spacial score (nSPS) is 10.4. The number of rotatable bonds is 7. The van der Waals surface area contributed by atoms with Gasteiger partial charge in [0.2, 0.25) is 0 Å². The minimum Gasteiger partial charge on any atom is -0.481 e. The molecule has 0 atom stereocenters. The van der Waals surface area contributed by atoms with Gasteiger partial charge in [-0.15, -0.1) is 0 Å². The third kappa shape index (κ3) is 4.16. The molecule has 0 fully saturated rings. The van der Waals surface area contributed by atoms with E-state index in [1.54, 1.807) is 18.3 Å². The third-order valence-corrected chi connectivity index (χ3v) is 3.69. The van der Waals surface area contributed by atoms with Crippen LogP contribution in [0.15, 0.2) is 24.4 Å². The topological polar surface area (TPSA) is 77.3 Å². The summed E-state index contributed by atoms with van der Waals surface area (Å²) in [6.45, 7) is 5.10. The van der Waals surface area contributed by atoms with E-state index in [-0.39, 0.29) is 18.0 Å². The number of benzene rings is 1. The molecule has 7 heteroatoms. The fourth-order valence-corrected chi connectivity index (χ4v) is 2.48. The Morgan fingerprint density at radius 3 is 3.00 bits per heavy atom. The summed E-state index contributed by atoms with van der Waals surface area (Å²) in [7, 11) is 0. The van der Waals surface area contributed by atoms with Crippen molar-refractivity contribution in [1.82, 2.24) is 4.98 Å². The molecule has 1 N–H and O–H groups in total. The van der Waals surface area contributed by atoms with Crippen LogP contribution in [0.3, 0.4) is 0 Å². The van der Waals surface area contributed by atoms with Gasteiger partial charge < -0.3 is 10.1 Å². The molecule has 0 aliphatic carbocycles. The second-order valence-corrected chi connectivity index (χ2v) is 5.69. The number of ether oxygens (including phenoxy) is 1. The van der Waals surface area contributed by atoms with Crippen LogP contribution in [-0.2, 0) is 6.61 Å². The van der Waals surface area contributed by atoms with Gasteiger partial charge in [0.1, 0.15) is 6.61 Å². The highest BCUT2D eigenvalue weighted by Gasteiger charge is 2.15. The molecule has 21 heavy (non-hydrogen) atoms. The van der Waals surface area contributed by atoms with Gasteiger partial charge in [-0.25, -0.2) is 4.98 Å². The maximum absolute atomic E-state index is 11.0. The zero-order valence-corrected chi connectivity index (χ0v) is 12.8. The first-order chi connectivity index (χ1) is 10.1. The number of nitro groups is 1. The molecule has 1 heterocycles. The van der Waals surface area contributed by atoms with Crippen LogP contribution in [0.5, 0.6) is 5.75 Å². The van der Waals surface area contributed by atoms with Crippen molar-refractivity contribution in [3.05, 3.63) is 45.0 Å². The summed E-state index contributed by atoms with van der Waals surface area (Å²) in [6.07, 6.45) is 2.76. The molecule has 0 radical (unpaired) electrons. The monoisotopic (exact) mass is 307 g/mol. The molecule has 0 spiro atoms. The average molecular weight is 307 g/mol. The highest BCUT2D eigenvalue weighted by Crippen LogP contribution is 2.29. The van der Waals surface area contributed by atoms with E-state index < -0.39 is 4.92 Å². The Morgan fingerprint density at radius 2 is 2.29 bits per heavy atom. The Kier molecular flexibility index (Phi) is 5.10. The van der Waals surface area contributed by atoms with Crippen LogP contribution in [0.4, 0.5) is 10.8 Å². The van der Waals surface area contributed by atoms with E-state index in [1.165, 1.54) is 17.4 Å². The number of aryl methyl sites for hydroxylation is 1. The molecule has 0 saturated heterocycles. The largest absolute Gasteiger partial charge is 0.481 e. The molecular weight excluding hydrogens is 290 g/mol. The summed E-state index contributed by atoms with van der Waals surface area (Å²) in [6, 6.07) is 4.84. The Hall–Kier alpha value is -2.15. The zero-order valence-electron chi connectivity index (χ0n) is 12.0. The van der Waals surface area contributed by atoms with E-state index in [0.717, 1.165) is 28.5 Å². The highest BCUT2D eigenvalue weighted by molar-refractivity contribution is 7.15. The van der Waals surface area contributed by atoms with E-state index in [4.69, 9.17) is 4.74 Å². The lowest BCUT2D eigenvalue weighted by molar-refractivity contribution is -0.385. The standard InChI is InChI=1S/C14H17N3O3S/c1-3-6-15-14-16-8-11(21-14)9-20-13-7-10(2)4-5-12(13)17(18)19/h4-5,7-8H,3,6,9H2,1-2H3,(H,15,16). The molecule has 1 aromatic carbocycles. The van der Waals surface area contributed by atoms with Gasteiger partial charge in [-0.2, -0.15) is 0 Å². The average Bonchev–Trinajstić information content (AvgIpc) is 2.90. The molecule has 0 amide bonds. The van der Waals surface area contributed by atoms with E-state index in [0.29, 0.717) is 0 Å². The second kappa shape index (κ2) is 7.03. The lowest BCUT2D eigenvalue weighted by atomic mass is 10.2. The zero-order chi connectivity index (χ0) is 15.2. The first kappa shape index (κ1) is 15.2. The van der Waals surface area contributed by atoms with E-state index in [1.807, 2.05) is 6.92 Å². The van der Waals surface area contributed by atoms with Gasteiger partial charge in [-0.1, -0.05) is 24.3 Å². The maximum atomic E-state index is 11.0. The summed E-state index contributed by atoms with van der Waals surface area (Å²) in [4.78, 5) is 15.7. The fraction of sp³-hybridized carbons (Fsp3) is 0.357. The molecule has 0 unspecified atom stereocenters. The van der Waals surface area contributed by atoms with Crippen LogP contribution in [0.1, 0.15) is 23.8 Å². The van der Waals surface area contributed by atoms with Crippen LogP contribution in [0.25, 0.3) is 0 Å². The number of hydrogen-bond acceptors (Lipinski definition) is 6. The molecule has 0 saturated carbocycles. The number of nitrogens with zero attached hydrogens (tertiary/aromatic N) is 2. The first-order valence-corrected chi connectivity index (χ1v) is 7.48. The van der Waals surface area contributed by atoms with Crippen LogP contribution in [-0.4, -0.2) is 16.5 Å². The van der Waals surface area contributed by atoms with Crippen molar-refractivity contribution in [2.75, 3.05) is 11.9 Å². The fourth-order valence-electron chi connectivity index (χ4n) is 1.72. The lowest BCUT2D eigenvalue weighted by Gasteiger charge is -2.06. The molecule has 2 aromatic rings. The van der Waals surface area contributed by atoms with Gasteiger partial charge in [0.15, 0.2) is 10.9 Å². The Balaban J connectivity index is 2.04. The molecular formula is C14H17N3O3S. The van der Waals surface area contributed by atoms with E-state index >= 15 is 0 Å². The minimum absolute atomic E-state index is 0.0190. The van der Waals surface area contributed by atoms with E-state index in [9.17, 15) is 10.1 Å². The maximum Gasteiger partial charge on any atom is 0.310 e. The van der Waals surface area contributed by atoms with Crippen LogP contribution < -0.4 is 10.1 Å². The summed E-state index contributed by atoms with van der Waals surface area (Å²) < 4.78 is 5.58.